The zero-order chi connectivity index (χ0) is 13.4. The molecule has 0 saturated carbocycles. The number of carbonyl (C=O) groups excluding carboxylic acids is 1. The predicted octanol–water partition coefficient (Wildman–Crippen LogP) is 1.63. The highest BCUT2D eigenvalue weighted by atomic mass is 16.2. The van der Waals surface area contributed by atoms with Gasteiger partial charge in [0, 0.05) is 12.2 Å². The highest BCUT2D eigenvalue weighted by molar-refractivity contribution is 5.89. The minimum Gasteiger partial charge on any atom is -0.338 e. The summed E-state index contributed by atoms with van der Waals surface area (Å²) < 4.78 is 0. The Morgan fingerprint density at radius 3 is 2.56 bits per heavy atom. The number of nitrogens with one attached hydrogen (secondary N) is 2. The molecule has 2 N–H and O–H groups in total. The molecule has 0 radical (unpaired) electrons. The molecule has 0 fully saturated rings. The number of hydrogen-bond donors (Lipinski definition) is 2. The SMILES string of the molecule is CN(C)CCCNC(=O)Nc1ccc(C#N)cc1. The average molecular weight is 246 g/mol. The van der Waals surface area contributed by atoms with E-state index in [0.29, 0.717) is 17.8 Å². The van der Waals surface area contributed by atoms with Crippen molar-refractivity contribution in [2.24, 2.45) is 0 Å². The number of amides is 2. The third kappa shape index (κ3) is 5.32. The minimum atomic E-state index is -0.224. The third-order valence-corrected chi connectivity index (χ3v) is 2.34. The number of carbonyl (C=O) groups is 1. The fourth-order valence-electron chi connectivity index (χ4n) is 1.40. The second kappa shape index (κ2) is 7.30. The molecule has 1 aromatic carbocycles. The van der Waals surface area contributed by atoms with E-state index in [2.05, 4.69) is 15.5 Å². The molecule has 0 aliphatic heterocycles. The van der Waals surface area contributed by atoms with E-state index in [-0.39, 0.29) is 6.03 Å². The largest absolute Gasteiger partial charge is 0.338 e. The molecule has 0 bridgehead atoms. The molecule has 1 aromatic rings. The van der Waals surface area contributed by atoms with Crippen LogP contribution < -0.4 is 10.6 Å². The van der Waals surface area contributed by atoms with Crippen LogP contribution in [0.1, 0.15) is 12.0 Å². The Morgan fingerprint density at radius 1 is 1.33 bits per heavy atom. The normalized spacial score (nSPS) is 9.89. The zero-order valence-electron chi connectivity index (χ0n) is 10.7. The summed E-state index contributed by atoms with van der Waals surface area (Å²) in [5, 5.41) is 14.1. The van der Waals surface area contributed by atoms with Crippen molar-refractivity contribution in [3.05, 3.63) is 29.8 Å². The minimum absolute atomic E-state index is 0.224. The van der Waals surface area contributed by atoms with Gasteiger partial charge in [0.05, 0.1) is 11.6 Å². The van der Waals surface area contributed by atoms with Crippen molar-refractivity contribution < 1.29 is 4.79 Å². The number of nitriles is 1. The fourth-order valence-corrected chi connectivity index (χ4v) is 1.40. The van der Waals surface area contributed by atoms with Gasteiger partial charge in [-0.05, 0) is 51.3 Å². The Hall–Kier alpha value is -2.06. The van der Waals surface area contributed by atoms with Crippen molar-refractivity contribution in [2.75, 3.05) is 32.5 Å². The molecular formula is C13H18N4O. The average Bonchev–Trinajstić information content (AvgIpc) is 2.35. The number of nitrogens with zero attached hydrogens (tertiary/aromatic N) is 2. The molecule has 0 atom stereocenters. The third-order valence-electron chi connectivity index (χ3n) is 2.34. The van der Waals surface area contributed by atoms with Gasteiger partial charge in [-0.15, -0.1) is 0 Å². The lowest BCUT2D eigenvalue weighted by Gasteiger charge is -2.10. The molecular weight excluding hydrogens is 228 g/mol. The van der Waals surface area contributed by atoms with Crippen LogP contribution in [0.4, 0.5) is 10.5 Å². The van der Waals surface area contributed by atoms with E-state index in [4.69, 9.17) is 5.26 Å². The number of rotatable bonds is 5. The summed E-state index contributed by atoms with van der Waals surface area (Å²) in [5.41, 5.74) is 1.26. The summed E-state index contributed by atoms with van der Waals surface area (Å²) in [6, 6.07) is 8.55. The molecule has 18 heavy (non-hydrogen) atoms. The zero-order valence-corrected chi connectivity index (χ0v) is 10.7. The van der Waals surface area contributed by atoms with Crippen LogP contribution in [-0.4, -0.2) is 38.1 Å². The van der Waals surface area contributed by atoms with Crippen LogP contribution in [0.5, 0.6) is 0 Å². The van der Waals surface area contributed by atoms with E-state index in [1.807, 2.05) is 20.2 Å². The lowest BCUT2D eigenvalue weighted by Crippen LogP contribution is -2.31. The first-order valence-electron chi connectivity index (χ1n) is 5.81. The van der Waals surface area contributed by atoms with Gasteiger partial charge in [0.25, 0.3) is 0 Å². The number of urea groups is 1. The molecule has 5 heteroatoms. The van der Waals surface area contributed by atoms with E-state index in [1.165, 1.54) is 0 Å². The molecule has 0 spiro atoms. The Bertz CT molecular complexity index is 420. The smallest absolute Gasteiger partial charge is 0.319 e. The number of anilines is 1. The van der Waals surface area contributed by atoms with Gasteiger partial charge in [0.1, 0.15) is 0 Å². The molecule has 0 saturated heterocycles. The van der Waals surface area contributed by atoms with Gasteiger partial charge in [0.2, 0.25) is 0 Å². The molecule has 0 unspecified atom stereocenters. The molecule has 0 aliphatic rings. The quantitative estimate of drug-likeness (QED) is 0.776. The predicted molar refractivity (Wildman–Crippen MR) is 71.3 cm³/mol. The maximum atomic E-state index is 11.5. The molecule has 96 valence electrons. The summed E-state index contributed by atoms with van der Waals surface area (Å²) in [4.78, 5) is 13.6. The maximum Gasteiger partial charge on any atom is 0.319 e. The Morgan fingerprint density at radius 2 is 2.00 bits per heavy atom. The Labute approximate surface area is 107 Å². The van der Waals surface area contributed by atoms with Gasteiger partial charge in [-0.25, -0.2) is 4.79 Å². The highest BCUT2D eigenvalue weighted by Crippen LogP contribution is 2.08. The summed E-state index contributed by atoms with van der Waals surface area (Å²) in [6.07, 6.45) is 0.911. The van der Waals surface area contributed by atoms with E-state index in [1.54, 1.807) is 24.3 Å². The van der Waals surface area contributed by atoms with Crippen molar-refractivity contribution >= 4 is 11.7 Å². The topological polar surface area (TPSA) is 68.2 Å². The summed E-state index contributed by atoms with van der Waals surface area (Å²) in [5.74, 6) is 0. The van der Waals surface area contributed by atoms with E-state index in [0.717, 1.165) is 13.0 Å². The highest BCUT2D eigenvalue weighted by Gasteiger charge is 2.01. The van der Waals surface area contributed by atoms with E-state index < -0.39 is 0 Å². The first-order chi connectivity index (χ1) is 8.61. The van der Waals surface area contributed by atoms with Crippen LogP contribution in [-0.2, 0) is 0 Å². The van der Waals surface area contributed by atoms with Crippen LogP contribution in [0.15, 0.2) is 24.3 Å². The monoisotopic (exact) mass is 246 g/mol. The second-order valence-electron chi connectivity index (χ2n) is 4.23. The van der Waals surface area contributed by atoms with E-state index >= 15 is 0 Å². The lowest BCUT2D eigenvalue weighted by atomic mass is 10.2. The molecule has 0 heterocycles. The first kappa shape index (κ1) is 14.0. The van der Waals surface area contributed by atoms with Gasteiger partial charge >= 0.3 is 6.03 Å². The summed E-state index contributed by atoms with van der Waals surface area (Å²) >= 11 is 0. The summed E-state index contributed by atoms with van der Waals surface area (Å²) in [7, 11) is 3.99. The van der Waals surface area contributed by atoms with Crippen molar-refractivity contribution in [3.63, 3.8) is 0 Å². The van der Waals surface area contributed by atoms with Crippen molar-refractivity contribution in [1.82, 2.24) is 10.2 Å². The van der Waals surface area contributed by atoms with Gasteiger partial charge in [-0.2, -0.15) is 5.26 Å². The molecule has 0 aliphatic carbocycles. The van der Waals surface area contributed by atoms with Crippen LogP contribution >= 0.6 is 0 Å². The second-order valence-corrected chi connectivity index (χ2v) is 4.23. The van der Waals surface area contributed by atoms with Crippen LogP contribution in [0, 0.1) is 11.3 Å². The Balaban J connectivity index is 2.29. The molecule has 1 rings (SSSR count). The van der Waals surface area contributed by atoms with Gasteiger partial charge in [0.15, 0.2) is 0 Å². The standard InChI is InChI=1S/C13H18N4O/c1-17(2)9-3-8-15-13(18)16-12-6-4-11(10-14)5-7-12/h4-7H,3,8-9H2,1-2H3,(H2,15,16,18). The molecule has 5 nitrogen and oxygen atoms in total. The van der Waals surface area contributed by atoms with Gasteiger partial charge in [-0.3, -0.25) is 0 Å². The summed E-state index contributed by atoms with van der Waals surface area (Å²) in [6.45, 7) is 1.58. The lowest BCUT2D eigenvalue weighted by molar-refractivity contribution is 0.251. The fraction of sp³-hybridized carbons (Fsp3) is 0.385. The van der Waals surface area contributed by atoms with E-state index in [9.17, 15) is 4.79 Å². The Kier molecular flexibility index (Phi) is 5.68. The van der Waals surface area contributed by atoms with Crippen molar-refractivity contribution in [2.45, 2.75) is 6.42 Å². The molecule has 2 amide bonds. The van der Waals surface area contributed by atoms with Crippen molar-refractivity contribution in [3.8, 4) is 6.07 Å². The maximum absolute atomic E-state index is 11.5. The van der Waals surface area contributed by atoms with Crippen LogP contribution in [0.2, 0.25) is 0 Å². The van der Waals surface area contributed by atoms with Crippen molar-refractivity contribution in [1.29, 1.82) is 5.26 Å². The van der Waals surface area contributed by atoms with Crippen LogP contribution in [0.25, 0.3) is 0 Å². The first-order valence-corrected chi connectivity index (χ1v) is 5.81. The van der Waals surface area contributed by atoms with Gasteiger partial charge in [-0.1, -0.05) is 0 Å². The van der Waals surface area contributed by atoms with Crippen LogP contribution in [0.3, 0.4) is 0 Å². The van der Waals surface area contributed by atoms with Gasteiger partial charge < -0.3 is 15.5 Å². The molecule has 0 aromatic heterocycles. The number of hydrogen-bond acceptors (Lipinski definition) is 3. The number of benzene rings is 1.